The minimum Gasteiger partial charge on any atom is -0.497 e. The number of piperidine rings is 1. The average Bonchev–Trinajstić information content (AvgIpc) is 2.90. The van der Waals surface area contributed by atoms with Gasteiger partial charge in [0, 0.05) is 30.8 Å². The number of carbonyl (C=O) groups excluding carboxylic acids is 3. The maximum absolute atomic E-state index is 13.1. The van der Waals surface area contributed by atoms with E-state index < -0.39 is 6.04 Å². The van der Waals surface area contributed by atoms with Gasteiger partial charge in [0.2, 0.25) is 5.91 Å². The number of rotatable bonds is 9. The molecule has 1 heterocycles. The van der Waals surface area contributed by atoms with Gasteiger partial charge in [0.1, 0.15) is 17.5 Å². The van der Waals surface area contributed by atoms with Crippen molar-refractivity contribution in [2.45, 2.75) is 32.7 Å². The lowest BCUT2D eigenvalue weighted by Crippen LogP contribution is -2.54. The molecule has 8 heteroatoms. The van der Waals surface area contributed by atoms with Gasteiger partial charge in [-0.25, -0.2) is 0 Å². The highest BCUT2D eigenvalue weighted by Gasteiger charge is 2.34. The van der Waals surface area contributed by atoms with Crippen molar-refractivity contribution in [2.75, 3.05) is 33.9 Å². The van der Waals surface area contributed by atoms with Crippen LogP contribution in [0.15, 0.2) is 48.5 Å². The standard InChI is InChI=1S/C27H35N3O5/c1-18(2)17-28-26(32)24(29-25(31)20-8-10-22(34-3)11-9-20)19-12-14-30(15-13-19)27(33)21-6-5-7-23(16-21)35-4/h5-11,16,18-19,24H,12-15,17H2,1-4H3,(H,28,32)(H,29,31)/t24-/m0/s1. The van der Waals surface area contributed by atoms with Crippen molar-refractivity contribution in [2.24, 2.45) is 11.8 Å². The monoisotopic (exact) mass is 481 g/mol. The van der Waals surface area contributed by atoms with Crippen LogP contribution in [0, 0.1) is 11.8 Å². The zero-order valence-corrected chi connectivity index (χ0v) is 20.9. The van der Waals surface area contributed by atoms with Crippen LogP contribution >= 0.6 is 0 Å². The Morgan fingerprint density at radius 3 is 2.20 bits per heavy atom. The second-order valence-corrected chi connectivity index (χ2v) is 9.18. The van der Waals surface area contributed by atoms with Crippen LogP contribution in [0.25, 0.3) is 0 Å². The number of nitrogens with one attached hydrogen (secondary N) is 2. The lowest BCUT2D eigenvalue weighted by atomic mass is 9.88. The van der Waals surface area contributed by atoms with E-state index in [2.05, 4.69) is 10.6 Å². The fraction of sp³-hybridized carbons (Fsp3) is 0.444. The quantitative estimate of drug-likeness (QED) is 0.574. The molecule has 0 aliphatic carbocycles. The topological polar surface area (TPSA) is 97.0 Å². The van der Waals surface area contributed by atoms with Crippen molar-refractivity contribution in [3.63, 3.8) is 0 Å². The van der Waals surface area contributed by atoms with Gasteiger partial charge >= 0.3 is 0 Å². The first-order valence-electron chi connectivity index (χ1n) is 12.0. The molecule has 3 rings (SSSR count). The molecule has 0 spiro atoms. The van der Waals surface area contributed by atoms with E-state index in [-0.39, 0.29) is 23.6 Å². The predicted molar refractivity (Wildman–Crippen MR) is 134 cm³/mol. The number of benzene rings is 2. The molecule has 1 aliphatic rings. The smallest absolute Gasteiger partial charge is 0.253 e. The Hall–Kier alpha value is -3.55. The Labute approximate surface area is 207 Å². The van der Waals surface area contributed by atoms with Crippen LogP contribution in [0.5, 0.6) is 11.5 Å². The van der Waals surface area contributed by atoms with E-state index in [1.807, 2.05) is 13.8 Å². The summed E-state index contributed by atoms with van der Waals surface area (Å²) in [5.41, 5.74) is 1.03. The number of nitrogens with zero attached hydrogens (tertiary/aromatic N) is 1. The van der Waals surface area contributed by atoms with Crippen LogP contribution in [-0.4, -0.2) is 62.5 Å². The molecular formula is C27H35N3O5. The van der Waals surface area contributed by atoms with Crippen molar-refractivity contribution in [1.82, 2.24) is 15.5 Å². The van der Waals surface area contributed by atoms with Crippen LogP contribution in [0.3, 0.4) is 0 Å². The van der Waals surface area contributed by atoms with Crippen LogP contribution < -0.4 is 20.1 Å². The van der Waals surface area contributed by atoms with Crippen molar-refractivity contribution < 1.29 is 23.9 Å². The minimum atomic E-state index is -0.683. The van der Waals surface area contributed by atoms with E-state index in [0.29, 0.717) is 61.0 Å². The zero-order valence-electron chi connectivity index (χ0n) is 20.9. The number of hydrogen-bond acceptors (Lipinski definition) is 5. The Balaban J connectivity index is 1.68. The van der Waals surface area contributed by atoms with E-state index in [9.17, 15) is 14.4 Å². The molecule has 8 nitrogen and oxygen atoms in total. The first-order chi connectivity index (χ1) is 16.8. The molecule has 1 aliphatic heterocycles. The number of amides is 3. The zero-order chi connectivity index (χ0) is 25.4. The molecule has 0 radical (unpaired) electrons. The molecule has 2 aromatic carbocycles. The van der Waals surface area contributed by atoms with E-state index in [1.54, 1.807) is 67.7 Å². The third-order valence-electron chi connectivity index (χ3n) is 6.22. The Morgan fingerprint density at radius 1 is 0.943 bits per heavy atom. The molecule has 1 atom stereocenters. The summed E-state index contributed by atoms with van der Waals surface area (Å²) in [6.45, 7) is 5.59. The molecular weight excluding hydrogens is 446 g/mol. The van der Waals surface area contributed by atoms with Gasteiger partial charge in [0.15, 0.2) is 0 Å². The molecule has 1 fully saturated rings. The van der Waals surface area contributed by atoms with Crippen molar-refractivity contribution in [3.05, 3.63) is 59.7 Å². The van der Waals surface area contributed by atoms with Crippen LogP contribution in [-0.2, 0) is 4.79 Å². The molecule has 0 aromatic heterocycles. The molecule has 0 saturated carbocycles. The molecule has 35 heavy (non-hydrogen) atoms. The Kier molecular flexibility index (Phi) is 9.11. The SMILES string of the molecule is COc1ccc(C(=O)N[C@H](C(=O)NCC(C)C)C2CCN(C(=O)c3cccc(OC)c3)CC2)cc1. The van der Waals surface area contributed by atoms with Crippen LogP contribution in [0.2, 0.25) is 0 Å². The van der Waals surface area contributed by atoms with E-state index in [4.69, 9.17) is 9.47 Å². The maximum Gasteiger partial charge on any atom is 0.253 e. The van der Waals surface area contributed by atoms with Crippen LogP contribution in [0.4, 0.5) is 0 Å². The summed E-state index contributed by atoms with van der Waals surface area (Å²) < 4.78 is 10.4. The number of hydrogen-bond donors (Lipinski definition) is 2. The van der Waals surface area contributed by atoms with Gasteiger partial charge in [-0.15, -0.1) is 0 Å². The average molecular weight is 482 g/mol. The highest BCUT2D eigenvalue weighted by atomic mass is 16.5. The summed E-state index contributed by atoms with van der Waals surface area (Å²) in [4.78, 5) is 40.8. The van der Waals surface area contributed by atoms with Gasteiger partial charge in [0.05, 0.1) is 14.2 Å². The summed E-state index contributed by atoms with van der Waals surface area (Å²) in [7, 11) is 3.13. The normalized spacial score (nSPS) is 14.8. The van der Waals surface area contributed by atoms with E-state index >= 15 is 0 Å². The van der Waals surface area contributed by atoms with Crippen molar-refractivity contribution in [3.8, 4) is 11.5 Å². The molecule has 0 bridgehead atoms. The van der Waals surface area contributed by atoms with E-state index in [0.717, 1.165) is 0 Å². The lowest BCUT2D eigenvalue weighted by molar-refractivity contribution is -0.124. The number of carbonyl (C=O) groups is 3. The molecule has 1 saturated heterocycles. The summed E-state index contributed by atoms with van der Waals surface area (Å²) in [5, 5.41) is 5.90. The largest absolute Gasteiger partial charge is 0.497 e. The fourth-order valence-corrected chi connectivity index (χ4v) is 4.15. The van der Waals surface area contributed by atoms with Gasteiger partial charge in [-0.3, -0.25) is 14.4 Å². The number of methoxy groups -OCH3 is 2. The van der Waals surface area contributed by atoms with Crippen molar-refractivity contribution in [1.29, 1.82) is 0 Å². The fourth-order valence-electron chi connectivity index (χ4n) is 4.15. The molecule has 188 valence electrons. The second kappa shape index (κ2) is 12.2. The van der Waals surface area contributed by atoms with Gasteiger partial charge in [-0.2, -0.15) is 0 Å². The van der Waals surface area contributed by atoms with Crippen LogP contribution in [0.1, 0.15) is 47.4 Å². The minimum absolute atomic E-state index is 0.0644. The predicted octanol–water partition coefficient (Wildman–Crippen LogP) is 3.13. The van der Waals surface area contributed by atoms with Gasteiger partial charge < -0.3 is 25.0 Å². The van der Waals surface area contributed by atoms with Crippen molar-refractivity contribution >= 4 is 17.7 Å². The summed E-state index contributed by atoms with van der Waals surface area (Å²) >= 11 is 0. The Bertz CT molecular complexity index is 1010. The third-order valence-corrected chi connectivity index (χ3v) is 6.22. The summed E-state index contributed by atoms with van der Waals surface area (Å²) in [5.74, 6) is 0.920. The highest BCUT2D eigenvalue weighted by molar-refractivity contribution is 5.98. The Morgan fingerprint density at radius 2 is 1.60 bits per heavy atom. The number of ether oxygens (including phenoxy) is 2. The summed E-state index contributed by atoms with van der Waals surface area (Å²) in [6.07, 6.45) is 1.22. The number of likely N-dealkylation sites (tertiary alicyclic amines) is 1. The first kappa shape index (κ1) is 26.1. The van der Waals surface area contributed by atoms with E-state index in [1.165, 1.54) is 0 Å². The molecule has 2 aromatic rings. The highest BCUT2D eigenvalue weighted by Crippen LogP contribution is 2.24. The maximum atomic E-state index is 13.1. The lowest BCUT2D eigenvalue weighted by Gasteiger charge is -2.36. The summed E-state index contributed by atoms with van der Waals surface area (Å²) in [6, 6.07) is 13.2. The first-order valence-corrected chi connectivity index (χ1v) is 12.0. The van der Waals surface area contributed by atoms with Gasteiger partial charge in [0.25, 0.3) is 11.8 Å². The molecule has 3 amide bonds. The van der Waals surface area contributed by atoms with Gasteiger partial charge in [-0.05, 0) is 67.1 Å². The van der Waals surface area contributed by atoms with Gasteiger partial charge in [-0.1, -0.05) is 19.9 Å². The second-order valence-electron chi connectivity index (χ2n) is 9.18. The molecule has 0 unspecified atom stereocenters. The third kappa shape index (κ3) is 6.97. The molecule has 2 N–H and O–H groups in total.